The number of nitrogens with two attached hydrogens (primary N) is 1. The van der Waals surface area contributed by atoms with Crippen molar-refractivity contribution in [1.82, 2.24) is 9.97 Å². The van der Waals surface area contributed by atoms with Crippen LogP contribution in [0.25, 0.3) is 0 Å². The van der Waals surface area contributed by atoms with Gasteiger partial charge in [-0.3, -0.25) is 0 Å². The van der Waals surface area contributed by atoms with Gasteiger partial charge in [-0.05, 0) is 55.8 Å². The molecule has 0 unspecified atom stereocenters. The monoisotopic (exact) mass is 289 g/mol. The molecule has 0 fully saturated rings. The van der Waals surface area contributed by atoms with E-state index in [0.29, 0.717) is 6.54 Å². The summed E-state index contributed by atoms with van der Waals surface area (Å²) in [7, 11) is 1.66. The average Bonchev–Trinajstić information content (AvgIpc) is 2.44. The van der Waals surface area contributed by atoms with Crippen LogP contribution in [-0.4, -0.2) is 17.1 Å². The van der Waals surface area contributed by atoms with E-state index in [9.17, 15) is 0 Å². The molecule has 0 saturated carbocycles. The molecule has 0 radical (unpaired) electrons. The Balaban J connectivity index is 2.38. The molecule has 1 aromatic carbocycles. The summed E-state index contributed by atoms with van der Waals surface area (Å²) in [6.07, 6.45) is 0. The van der Waals surface area contributed by atoms with Crippen molar-refractivity contribution in [2.45, 2.75) is 37.4 Å². The fraction of sp³-hybridized carbons (Fsp3) is 0.333. The van der Waals surface area contributed by atoms with Crippen LogP contribution in [0.2, 0.25) is 0 Å². The van der Waals surface area contributed by atoms with Crippen molar-refractivity contribution in [2.24, 2.45) is 5.73 Å². The standard InChI is InChI=1S/C15H19N3OS/c1-9-10(2)17-15(18-11(9)3)20-14-7-13(19-4)6-5-12(14)8-16/h5-7H,8,16H2,1-4H3. The summed E-state index contributed by atoms with van der Waals surface area (Å²) in [5.74, 6) is 0.810. The van der Waals surface area contributed by atoms with Gasteiger partial charge in [-0.2, -0.15) is 0 Å². The van der Waals surface area contributed by atoms with Gasteiger partial charge in [0, 0.05) is 22.8 Å². The van der Waals surface area contributed by atoms with Gasteiger partial charge in [0.05, 0.1) is 7.11 Å². The number of hydrogen-bond acceptors (Lipinski definition) is 5. The Bertz CT molecular complexity index is 606. The molecule has 20 heavy (non-hydrogen) atoms. The van der Waals surface area contributed by atoms with E-state index in [2.05, 4.69) is 9.97 Å². The molecule has 0 aliphatic carbocycles. The van der Waals surface area contributed by atoms with Gasteiger partial charge in [-0.1, -0.05) is 6.07 Å². The lowest BCUT2D eigenvalue weighted by atomic mass is 10.2. The number of aromatic nitrogens is 2. The molecule has 5 heteroatoms. The van der Waals surface area contributed by atoms with Crippen molar-refractivity contribution >= 4 is 11.8 Å². The minimum atomic E-state index is 0.482. The minimum absolute atomic E-state index is 0.482. The minimum Gasteiger partial charge on any atom is -0.497 e. The first-order valence-corrected chi connectivity index (χ1v) is 7.23. The van der Waals surface area contributed by atoms with Crippen molar-refractivity contribution in [3.05, 3.63) is 40.7 Å². The summed E-state index contributed by atoms with van der Waals surface area (Å²) in [6.45, 7) is 6.53. The number of rotatable bonds is 4. The highest BCUT2D eigenvalue weighted by molar-refractivity contribution is 7.99. The summed E-state index contributed by atoms with van der Waals surface area (Å²) in [6, 6.07) is 5.87. The van der Waals surface area contributed by atoms with E-state index < -0.39 is 0 Å². The average molecular weight is 289 g/mol. The molecule has 2 N–H and O–H groups in total. The first kappa shape index (κ1) is 14.8. The number of benzene rings is 1. The molecule has 106 valence electrons. The van der Waals surface area contributed by atoms with Gasteiger partial charge >= 0.3 is 0 Å². The smallest absolute Gasteiger partial charge is 0.192 e. The van der Waals surface area contributed by atoms with Gasteiger partial charge in [-0.15, -0.1) is 0 Å². The molecule has 0 aliphatic rings. The second-order valence-corrected chi connectivity index (χ2v) is 5.59. The van der Waals surface area contributed by atoms with Crippen molar-refractivity contribution in [3.8, 4) is 5.75 Å². The maximum absolute atomic E-state index is 5.78. The predicted octanol–water partition coefficient (Wildman–Crippen LogP) is 3.02. The van der Waals surface area contributed by atoms with Crippen molar-refractivity contribution in [1.29, 1.82) is 0 Å². The lowest BCUT2D eigenvalue weighted by Crippen LogP contribution is -2.01. The van der Waals surface area contributed by atoms with Crippen LogP contribution in [0.3, 0.4) is 0 Å². The van der Waals surface area contributed by atoms with E-state index in [-0.39, 0.29) is 0 Å². The third-order valence-corrected chi connectivity index (χ3v) is 4.27. The third kappa shape index (κ3) is 3.11. The number of methoxy groups -OCH3 is 1. The highest BCUT2D eigenvalue weighted by atomic mass is 32.2. The molecular weight excluding hydrogens is 270 g/mol. The van der Waals surface area contributed by atoms with Gasteiger partial charge in [0.15, 0.2) is 5.16 Å². The van der Waals surface area contributed by atoms with Gasteiger partial charge < -0.3 is 10.5 Å². The Morgan fingerprint density at radius 1 is 1.15 bits per heavy atom. The van der Waals surface area contributed by atoms with Gasteiger partial charge in [-0.25, -0.2) is 9.97 Å². The second kappa shape index (κ2) is 6.24. The molecule has 0 spiro atoms. The SMILES string of the molecule is COc1ccc(CN)c(Sc2nc(C)c(C)c(C)n2)c1. The van der Waals surface area contributed by atoms with Gasteiger partial charge in [0.25, 0.3) is 0 Å². The predicted molar refractivity (Wildman–Crippen MR) is 81.3 cm³/mol. The van der Waals surface area contributed by atoms with Gasteiger partial charge in [0.2, 0.25) is 0 Å². The Morgan fingerprint density at radius 2 is 1.80 bits per heavy atom. The molecule has 0 saturated heterocycles. The lowest BCUT2D eigenvalue weighted by molar-refractivity contribution is 0.413. The highest BCUT2D eigenvalue weighted by Gasteiger charge is 2.10. The molecule has 1 aromatic heterocycles. The summed E-state index contributed by atoms with van der Waals surface area (Å²) in [4.78, 5) is 10.1. The molecule has 2 aromatic rings. The highest BCUT2D eigenvalue weighted by Crippen LogP contribution is 2.31. The zero-order chi connectivity index (χ0) is 14.7. The van der Waals surface area contributed by atoms with E-state index in [1.807, 2.05) is 39.0 Å². The Hall–Kier alpha value is -1.59. The maximum atomic E-state index is 5.78. The van der Waals surface area contributed by atoms with E-state index in [1.165, 1.54) is 11.8 Å². The van der Waals surface area contributed by atoms with Gasteiger partial charge in [0.1, 0.15) is 5.75 Å². The van der Waals surface area contributed by atoms with Crippen molar-refractivity contribution < 1.29 is 4.74 Å². The quantitative estimate of drug-likeness (QED) is 0.877. The zero-order valence-electron chi connectivity index (χ0n) is 12.2. The van der Waals surface area contributed by atoms with Crippen LogP contribution in [0.4, 0.5) is 0 Å². The molecular formula is C15H19N3OS. The van der Waals surface area contributed by atoms with E-state index in [1.54, 1.807) is 7.11 Å². The number of hydrogen-bond donors (Lipinski definition) is 1. The van der Waals surface area contributed by atoms with E-state index in [4.69, 9.17) is 10.5 Å². The zero-order valence-corrected chi connectivity index (χ0v) is 13.0. The number of aryl methyl sites for hydroxylation is 2. The molecule has 2 rings (SSSR count). The summed E-state index contributed by atoms with van der Waals surface area (Å²) < 4.78 is 5.26. The molecule has 4 nitrogen and oxygen atoms in total. The fourth-order valence-electron chi connectivity index (χ4n) is 1.81. The second-order valence-electron chi connectivity index (χ2n) is 4.58. The first-order chi connectivity index (χ1) is 9.55. The van der Waals surface area contributed by atoms with Crippen LogP contribution in [0.1, 0.15) is 22.5 Å². The molecule has 0 amide bonds. The summed E-state index contributed by atoms with van der Waals surface area (Å²) in [5, 5.41) is 0.744. The van der Waals surface area contributed by atoms with Crippen LogP contribution in [0.15, 0.2) is 28.3 Å². The Kier molecular flexibility index (Phi) is 4.62. The Morgan fingerprint density at radius 3 is 2.35 bits per heavy atom. The fourth-order valence-corrected chi connectivity index (χ4v) is 2.83. The van der Waals surface area contributed by atoms with Crippen LogP contribution in [-0.2, 0) is 6.54 Å². The van der Waals surface area contributed by atoms with E-state index >= 15 is 0 Å². The van der Waals surface area contributed by atoms with Crippen LogP contribution >= 0.6 is 11.8 Å². The summed E-state index contributed by atoms with van der Waals surface area (Å²) in [5.41, 5.74) is 10.0. The van der Waals surface area contributed by atoms with E-state index in [0.717, 1.165) is 38.3 Å². The number of nitrogens with zero attached hydrogens (tertiary/aromatic N) is 2. The molecule has 0 atom stereocenters. The maximum Gasteiger partial charge on any atom is 0.192 e. The summed E-state index contributed by atoms with van der Waals surface area (Å²) >= 11 is 1.52. The Labute approximate surface area is 123 Å². The van der Waals surface area contributed by atoms with Crippen molar-refractivity contribution in [2.75, 3.05) is 7.11 Å². The topological polar surface area (TPSA) is 61.0 Å². The molecule has 0 bridgehead atoms. The first-order valence-electron chi connectivity index (χ1n) is 6.41. The molecule has 1 heterocycles. The van der Waals surface area contributed by atoms with Crippen LogP contribution < -0.4 is 10.5 Å². The van der Waals surface area contributed by atoms with Crippen LogP contribution in [0, 0.1) is 20.8 Å². The lowest BCUT2D eigenvalue weighted by Gasteiger charge is -2.10. The third-order valence-electron chi connectivity index (χ3n) is 3.31. The number of ether oxygens (including phenoxy) is 1. The largest absolute Gasteiger partial charge is 0.497 e. The van der Waals surface area contributed by atoms with Crippen LogP contribution in [0.5, 0.6) is 5.75 Å². The molecule has 0 aliphatic heterocycles. The van der Waals surface area contributed by atoms with Crippen molar-refractivity contribution in [3.63, 3.8) is 0 Å². The normalized spacial score (nSPS) is 10.7.